The lowest BCUT2D eigenvalue weighted by atomic mass is 10.1. The third-order valence-corrected chi connectivity index (χ3v) is 2.70. The SMILES string of the molecule is Fc1cccc2cccc(I)c12. The van der Waals surface area contributed by atoms with Crippen LogP contribution in [0.25, 0.3) is 10.8 Å². The van der Waals surface area contributed by atoms with E-state index >= 15 is 0 Å². The van der Waals surface area contributed by atoms with Gasteiger partial charge in [0.1, 0.15) is 5.82 Å². The summed E-state index contributed by atoms with van der Waals surface area (Å²) >= 11 is 2.14. The molecule has 0 nitrogen and oxygen atoms in total. The molecule has 0 saturated heterocycles. The zero-order valence-electron chi connectivity index (χ0n) is 6.22. The number of hydrogen-bond donors (Lipinski definition) is 0. The minimum Gasteiger partial charge on any atom is -0.206 e. The molecule has 0 aliphatic heterocycles. The van der Waals surface area contributed by atoms with Crippen molar-refractivity contribution in [3.8, 4) is 0 Å². The lowest BCUT2D eigenvalue weighted by molar-refractivity contribution is 0.639. The highest BCUT2D eigenvalue weighted by molar-refractivity contribution is 14.1. The van der Waals surface area contributed by atoms with Gasteiger partial charge in [-0.05, 0) is 40.1 Å². The first-order valence-corrected chi connectivity index (χ1v) is 4.69. The molecule has 2 aromatic carbocycles. The van der Waals surface area contributed by atoms with Crippen molar-refractivity contribution >= 4 is 33.4 Å². The normalized spacial score (nSPS) is 10.5. The van der Waals surface area contributed by atoms with E-state index in [0.29, 0.717) is 0 Å². The molecule has 0 bridgehead atoms. The van der Waals surface area contributed by atoms with Gasteiger partial charge in [0.15, 0.2) is 0 Å². The van der Waals surface area contributed by atoms with Gasteiger partial charge in [0.05, 0.1) is 0 Å². The van der Waals surface area contributed by atoms with Gasteiger partial charge in [-0.1, -0.05) is 24.3 Å². The van der Waals surface area contributed by atoms with Crippen LogP contribution in [0.2, 0.25) is 0 Å². The molecule has 0 unspecified atom stereocenters. The molecule has 0 aliphatic carbocycles. The van der Waals surface area contributed by atoms with Crippen LogP contribution in [-0.4, -0.2) is 0 Å². The summed E-state index contributed by atoms with van der Waals surface area (Å²) in [6.45, 7) is 0. The molecule has 0 spiro atoms. The van der Waals surface area contributed by atoms with E-state index in [2.05, 4.69) is 22.6 Å². The van der Waals surface area contributed by atoms with E-state index in [1.807, 2.05) is 24.3 Å². The Morgan fingerprint density at radius 3 is 2.33 bits per heavy atom. The maximum Gasteiger partial charge on any atom is 0.132 e. The fraction of sp³-hybridized carbons (Fsp3) is 0. The molecule has 0 heterocycles. The molecule has 2 heteroatoms. The van der Waals surface area contributed by atoms with E-state index in [4.69, 9.17) is 0 Å². The summed E-state index contributed by atoms with van der Waals surface area (Å²) in [5, 5.41) is 1.68. The second-order valence-corrected chi connectivity index (χ2v) is 3.74. The van der Waals surface area contributed by atoms with Gasteiger partial charge in [0.25, 0.3) is 0 Å². The second-order valence-electron chi connectivity index (χ2n) is 2.58. The lowest BCUT2D eigenvalue weighted by Gasteiger charge is -2.00. The van der Waals surface area contributed by atoms with Crippen molar-refractivity contribution in [2.45, 2.75) is 0 Å². The average Bonchev–Trinajstić information content (AvgIpc) is 2.04. The summed E-state index contributed by atoms with van der Waals surface area (Å²) in [4.78, 5) is 0. The van der Waals surface area contributed by atoms with Crippen molar-refractivity contribution in [3.63, 3.8) is 0 Å². The summed E-state index contributed by atoms with van der Waals surface area (Å²) in [7, 11) is 0. The highest BCUT2D eigenvalue weighted by Crippen LogP contribution is 2.22. The van der Waals surface area contributed by atoms with Gasteiger partial charge in [0, 0.05) is 8.96 Å². The summed E-state index contributed by atoms with van der Waals surface area (Å²) in [6.07, 6.45) is 0. The van der Waals surface area contributed by atoms with Crippen LogP contribution in [0.1, 0.15) is 0 Å². The van der Waals surface area contributed by atoms with Crippen LogP contribution in [0.4, 0.5) is 4.39 Å². The number of benzene rings is 2. The Morgan fingerprint density at radius 2 is 1.67 bits per heavy atom. The van der Waals surface area contributed by atoms with Crippen LogP contribution < -0.4 is 0 Å². The van der Waals surface area contributed by atoms with E-state index in [-0.39, 0.29) is 5.82 Å². The van der Waals surface area contributed by atoms with Gasteiger partial charge in [-0.3, -0.25) is 0 Å². The van der Waals surface area contributed by atoms with Crippen molar-refractivity contribution in [2.24, 2.45) is 0 Å². The van der Waals surface area contributed by atoms with Crippen molar-refractivity contribution in [2.75, 3.05) is 0 Å². The number of halogens is 2. The predicted octanol–water partition coefficient (Wildman–Crippen LogP) is 3.58. The van der Waals surface area contributed by atoms with Crippen molar-refractivity contribution in [3.05, 3.63) is 45.8 Å². The Morgan fingerprint density at radius 1 is 1.00 bits per heavy atom. The van der Waals surface area contributed by atoms with E-state index in [0.717, 1.165) is 14.3 Å². The summed E-state index contributed by atoms with van der Waals surface area (Å²) in [6, 6.07) is 10.9. The molecule has 60 valence electrons. The molecule has 0 radical (unpaired) electrons. The Bertz CT molecular complexity index is 386. The first kappa shape index (κ1) is 7.98. The van der Waals surface area contributed by atoms with Crippen LogP contribution in [-0.2, 0) is 0 Å². The second kappa shape index (κ2) is 3.01. The molecule has 0 amide bonds. The molecule has 0 aliphatic rings. The Kier molecular flexibility index (Phi) is 2.00. The summed E-state index contributed by atoms with van der Waals surface area (Å²) in [5.41, 5.74) is 0. The van der Waals surface area contributed by atoms with Crippen molar-refractivity contribution < 1.29 is 4.39 Å². The van der Waals surface area contributed by atoms with Crippen LogP contribution in [0.15, 0.2) is 36.4 Å². The Labute approximate surface area is 83.5 Å². The van der Waals surface area contributed by atoms with E-state index in [9.17, 15) is 4.39 Å². The van der Waals surface area contributed by atoms with Gasteiger partial charge < -0.3 is 0 Å². The molecule has 2 rings (SSSR count). The first-order valence-electron chi connectivity index (χ1n) is 3.62. The van der Waals surface area contributed by atoms with Crippen LogP contribution in [0, 0.1) is 9.39 Å². The number of rotatable bonds is 0. The topological polar surface area (TPSA) is 0 Å². The average molecular weight is 272 g/mol. The highest BCUT2D eigenvalue weighted by atomic mass is 127. The number of fused-ring (bicyclic) bond motifs is 1. The summed E-state index contributed by atoms with van der Waals surface area (Å²) < 4.78 is 14.2. The maximum atomic E-state index is 13.2. The standard InChI is InChI=1S/C10H6FI/c11-8-5-1-3-7-4-2-6-9(12)10(7)8/h1-6H. The fourth-order valence-corrected chi connectivity index (χ4v) is 2.03. The molecule has 2 aromatic rings. The Balaban J connectivity index is 2.96. The molecule has 0 aromatic heterocycles. The maximum absolute atomic E-state index is 13.2. The van der Waals surface area contributed by atoms with Gasteiger partial charge >= 0.3 is 0 Å². The van der Waals surface area contributed by atoms with Gasteiger partial charge in [-0.25, -0.2) is 4.39 Å². The zero-order chi connectivity index (χ0) is 8.55. The molecule has 12 heavy (non-hydrogen) atoms. The largest absolute Gasteiger partial charge is 0.206 e. The molecule has 0 fully saturated rings. The lowest BCUT2D eigenvalue weighted by Crippen LogP contribution is -1.81. The fourth-order valence-electron chi connectivity index (χ4n) is 1.25. The van der Waals surface area contributed by atoms with E-state index in [1.54, 1.807) is 6.07 Å². The van der Waals surface area contributed by atoms with E-state index < -0.39 is 0 Å². The number of hydrogen-bond acceptors (Lipinski definition) is 0. The molecular formula is C10H6FI. The minimum atomic E-state index is -0.141. The van der Waals surface area contributed by atoms with Gasteiger partial charge in [-0.15, -0.1) is 0 Å². The van der Waals surface area contributed by atoms with Crippen LogP contribution in [0.3, 0.4) is 0 Å². The Hall–Kier alpha value is -0.640. The molecule has 0 saturated carbocycles. The van der Waals surface area contributed by atoms with Crippen molar-refractivity contribution in [1.29, 1.82) is 0 Å². The van der Waals surface area contributed by atoms with Gasteiger partial charge in [0.2, 0.25) is 0 Å². The van der Waals surface area contributed by atoms with Crippen LogP contribution in [0.5, 0.6) is 0 Å². The quantitative estimate of drug-likeness (QED) is 0.643. The molecule has 0 atom stereocenters. The third kappa shape index (κ3) is 1.20. The smallest absolute Gasteiger partial charge is 0.132 e. The highest BCUT2D eigenvalue weighted by Gasteiger charge is 2.01. The van der Waals surface area contributed by atoms with Crippen molar-refractivity contribution in [1.82, 2.24) is 0 Å². The molecular weight excluding hydrogens is 266 g/mol. The van der Waals surface area contributed by atoms with Gasteiger partial charge in [-0.2, -0.15) is 0 Å². The van der Waals surface area contributed by atoms with E-state index in [1.165, 1.54) is 6.07 Å². The molecule has 0 N–H and O–H groups in total. The predicted molar refractivity (Wildman–Crippen MR) is 56.6 cm³/mol. The monoisotopic (exact) mass is 272 g/mol. The summed E-state index contributed by atoms with van der Waals surface area (Å²) in [5.74, 6) is -0.141. The van der Waals surface area contributed by atoms with Crippen LogP contribution >= 0.6 is 22.6 Å². The minimum absolute atomic E-state index is 0.141. The zero-order valence-corrected chi connectivity index (χ0v) is 8.38. The first-order chi connectivity index (χ1) is 5.79. The third-order valence-electron chi connectivity index (χ3n) is 1.80.